The highest BCUT2D eigenvalue weighted by atomic mass is 16.5. The molecule has 0 radical (unpaired) electrons. The maximum atomic E-state index is 12.9. The van der Waals surface area contributed by atoms with Crippen LogP contribution in [0.5, 0.6) is 5.75 Å². The molecule has 1 aliphatic carbocycles. The van der Waals surface area contributed by atoms with Gasteiger partial charge in [-0.2, -0.15) is 0 Å². The third-order valence-electron chi connectivity index (χ3n) is 5.24. The first-order valence-electron chi connectivity index (χ1n) is 9.04. The van der Waals surface area contributed by atoms with Crippen LogP contribution in [0, 0.1) is 6.92 Å². The predicted octanol–water partition coefficient (Wildman–Crippen LogP) is 3.39. The Labute approximate surface area is 153 Å². The maximum absolute atomic E-state index is 12.9. The first-order valence-corrected chi connectivity index (χ1v) is 9.04. The van der Waals surface area contributed by atoms with Crippen molar-refractivity contribution in [3.05, 3.63) is 65.1 Å². The number of carbonyl (C=O) groups is 1. The fourth-order valence-corrected chi connectivity index (χ4v) is 3.85. The van der Waals surface area contributed by atoms with E-state index in [1.807, 2.05) is 47.9 Å². The smallest absolute Gasteiger partial charge is 0.227 e. The molecule has 0 bridgehead atoms. The minimum absolute atomic E-state index is 0.0736. The number of nitrogens with zero attached hydrogens (tertiary/aromatic N) is 2. The molecule has 0 saturated heterocycles. The normalized spacial score (nSPS) is 16.3. The van der Waals surface area contributed by atoms with Crippen LogP contribution >= 0.6 is 0 Å². The Balaban J connectivity index is 1.55. The van der Waals surface area contributed by atoms with Crippen LogP contribution in [0.1, 0.15) is 41.3 Å². The summed E-state index contributed by atoms with van der Waals surface area (Å²) in [6.07, 6.45) is 4.91. The molecule has 134 valence electrons. The lowest BCUT2D eigenvalue weighted by molar-refractivity contribution is -0.123. The fraction of sp³-hybridized carbons (Fsp3) is 0.333. The van der Waals surface area contributed by atoms with Crippen molar-refractivity contribution in [3.63, 3.8) is 0 Å². The van der Waals surface area contributed by atoms with E-state index in [2.05, 4.69) is 16.4 Å². The summed E-state index contributed by atoms with van der Waals surface area (Å²) in [6, 6.07) is 12.0. The second-order valence-electron chi connectivity index (χ2n) is 6.80. The van der Waals surface area contributed by atoms with Crippen LogP contribution in [0.4, 0.5) is 0 Å². The second-order valence-corrected chi connectivity index (χ2v) is 6.80. The summed E-state index contributed by atoms with van der Waals surface area (Å²) in [5.41, 5.74) is 5.23. The minimum atomic E-state index is -0.117. The van der Waals surface area contributed by atoms with Gasteiger partial charge in [0.15, 0.2) is 0 Å². The zero-order chi connectivity index (χ0) is 18.1. The number of hydrogen-bond acceptors (Lipinski definition) is 3. The van der Waals surface area contributed by atoms with E-state index in [0.29, 0.717) is 6.54 Å². The summed E-state index contributed by atoms with van der Waals surface area (Å²) in [5, 5.41) is 3.13. The molecule has 2 aromatic heterocycles. The van der Waals surface area contributed by atoms with E-state index in [1.165, 1.54) is 5.56 Å². The predicted molar refractivity (Wildman–Crippen MR) is 100 cm³/mol. The molecule has 1 aromatic carbocycles. The quantitative estimate of drug-likeness (QED) is 0.785. The van der Waals surface area contributed by atoms with E-state index >= 15 is 0 Å². The molecule has 1 aliphatic rings. The average Bonchev–Trinajstić information content (AvgIpc) is 3.00. The van der Waals surface area contributed by atoms with Crippen LogP contribution in [0.25, 0.3) is 5.65 Å². The SMILES string of the molecule is COc1ccc2c(c1)C(C(=O)NCc1c(C)nc3ccccn13)CCC2. The maximum Gasteiger partial charge on any atom is 0.227 e. The van der Waals surface area contributed by atoms with Crippen LogP contribution < -0.4 is 10.1 Å². The molecule has 0 fully saturated rings. The molecular formula is C21H23N3O2. The highest BCUT2D eigenvalue weighted by Crippen LogP contribution is 2.34. The Bertz CT molecular complexity index is 961. The molecule has 0 spiro atoms. The highest BCUT2D eigenvalue weighted by molar-refractivity contribution is 5.84. The number of aromatic nitrogens is 2. The number of hydrogen-bond donors (Lipinski definition) is 1. The van der Waals surface area contributed by atoms with E-state index in [9.17, 15) is 4.79 Å². The number of ether oxygens (including phenoxy) is 1. The molecule has 0 aliphatic heterocycles. The molecule has 1 N–H and O–H groups in total. The van der Waals surface area contributed by atoms with Crippen LogP contribution in [0.15, 0.2) is 42.6 Å². The summed E-state index contributed by atoms with van der Waals surface area (Å²) in [7, 11) is 1.66. The van der Waals surface area contributed by atoms with E-state index < -0.39 is 0 Å². The van der Waals surface area contributed by atoms with Crippen molar-refractivity contribution in [2.24, 2.45) is 0 Å². The lowest BCUT2D eigenvalue weighted by Crippen LogP contribution is -2.31. The Kier molecular flexibility index (Phi) is 4.37. The molecule has 26 heavy (non-hydrogen) atoms. The number of benzene rings is 1. The van der Waals surface area contributed by atoms with Crippen molar-refractivity contribution < 1.29 is 9.53 Å². The molecule has 3 aromatic rings. The van der Waals surface area contributed by atoms with Gasteiger partial charge in [0.2, 0.25) is 5.91 Å². The van der Waals surface area contributed by atoms with Crippen LogP contribution in [-0.2, 0) is 17.8 Å². The summed E-state index contributed by atoms with van der Waals surface area (Å²) in [6.45, 7) is 2.46. The van der Waals surface area contributed by atoms with Crippen molar-refractivity contribution in [1.29, 1.82) is 0 Å². The van der Waals surface area contributed by atoms with Crippen LogP contribution in [-0.4, -0.2) is 22.4 Å². The third-order valence-corrected chi connectivity index (χ3v) is 5.24. The molecule has 1 unspecified atom stereocenters. The molecular weight excluding hydrogens is 326 g/mol. The van der Waals surface area contributed by atoms with Crippen molar-refractivity contribution in [2.75, 3.05) is 7.11 Å². The fourth-order valence-electron chi connectivity index (χ4n) is 3.85. The summed E-state index contributed by atoms with van der Waals surface area (Å²) in [5.74, 6) is 0.763. The standard InChI is InChI=1S/C21H23N3O2/c1-14-19(24-11-4-3-8-20(24)23-14)13-22-21(25)17-7-5-6-15-9-10-16(26-2)12-18(15)17/h3-4,8-12,17H,5-7,13H2,1-2H3,(H,22,25). The summed E-state index contributed by atoms with van der Waals surface area (Å²) in [4.78, 5) is 17.5. The third kappa shape index (κ3) is 2.94. The van der Waals surface area contributed by atoms with Gasteiger partial charge in [-0.25, -0.2) is 4.98 Å². The van der Waals surface area contributed by atoms with Gasteiger partial charge >= 0.3 is 0 Å². The van der Waals surface area contributed by atoms with Gasteiger partial charge in [0, 0.05) is 6.20 Å². The lowest BCUT2D eigenvalue weighted by Gasteiger charge is -2.25. The first kappa shape index (κ1) is 16.6. The Morgan fingerprint density at radius 3 is 3.08 bits per heavy atom. The molecule has 1 atom stereocenters. The Morgan fingerprint density at radius 1 is 1.35 bits per heavy atom. The topological polar surface area (TPSA) is 55.6 Å². The van der Waals surface area contributed by atoms with Gasteiger partial charge in [0.05, 0.1) is 31.0 Å². The number of methoxy groups -OCH3 is 1. The van der Waals surface area contributed by atoms with Gasteiger partial charge in [-0.1, -0.05) is 12.1 Å². The minimum Gasteiger partial charge on any atom is -0.497 e. The van der Waals surface area contributed by atoms with E-state index in [0.717, 1.165) is 47.6 Å². The second kappa shape index (κ2) is 6.83. The molecule has 4 rings (SSSR count). The molecule has 2 heterocycles. The largest absolute Gasteiger partial charge is 0.497 e. The highest BCUT2D eigenvalue weighted by Gasteiger charge is 2.27. The number of imidazole rings is 1. The van der Waals surface area contributed by atoms with Crippen molar-refractivity contribution >= 4 is 11.6 Å². The zero-order valence-electron chi connectivity index (χ0n) is 15.2. The van der Waals surface area contributed by atoms with E-state index in [4.69, 9.17) is 4.74 Å². The zero-order valence-corrected chi connectivity index (χ0v) is 15.2. The number of nitrogens with one attached hydrogen (secondary N) is 1. The van der Waals surface area contributed by atoms with Crippen LogP contribution in [0.3, 0.4) is 0 Å². The van der Waals surface area contributed by atoms with Crippen molar-refractivity contribution in [2.45, 2.75) is 38.6 Å². The number of amides is 1. The summed E-state index contributed by atoms with van der Waals surface area (Å²) < 4.78 is 7.38. The Morgan fingerprint density at radius 2 is 2.23 bits per heavy atom. The van der Waals surface area contributed by atoms with E-state index in [1.54, 1.807) is 7.11 Å². The van der Waals surface area contributed by atoms with Gasteiger partial charge in [-0.15, -0.1) is 0 Å². The number of fused-ring (bicyclic) bond motifs is 2. The number of carbonyl (C=O) groups excluding carboxylic acids is 1. The molecule has 5 heteroatoms. The van der Waals surface area contributed by atoms with Crippen LogP contribution in [0.2, 0.25) is 0 Å². The number of rotatable bonds is 4. The van der Waals surface area contributed by atoms with Gasteiger partial charge in [0.1, 0.15) is 11.4 Å². The summed E-state index contributed by atoms with van der Waals surface area (Å²) >= 11 is 0. The molecule has 5 nitrogen and oxygen atoms in total. The van der Waals surface area contributed by atoms with Gasteiger partial charge in [-0.05, 0) is 61.6 Å². The van der Waals surface area contributed by atoms with Gasteiger partial charge < -0.3 is 14.5 Å². The molecule has 0 saturated carbocycles. The number of pyridine rings is 1. The van der Waals surface area contributed by atoms with Gasteiger partial charge in [0.25, 0.3) is 0 Å². The van der Waals surface area contributed by atoms with Crippen molar-refractivity contribution in [3.8, 4) is 5.75 Å². The number of aryl methyl sites for hydroxylation is 2. The van der Waals surface area contributed by atoms with Gasteiger partial charge in [-0.3, -0.25) is 4.79 Å². The van der Waals surface area contributed by atoms with Crippen molar-refractivity contribution in [1.82, 2.24) is 14.7 Å². The molecule has 1 amide bonds. The Hall–Kier alpha value is -2.82. The van der Waals surface area contributed by atoms with E-state index in [-0.39, 0.29) is 11.8 Å². The first-order chi connectivity index (χ1) is 12.7. The lowest BCUT2D eigenvalue weighted by atomic mass is 9.82. The average molecular weight is 349 g/mol. The monoisotopic (exact) mass is 349 g/mol.